The smallest absolute Gasteiger partial charge is 0.311 e. The summed E-state index contributed by atoms with van der Waals surface area (Å²) in [6, 6.07) is 7.95. The Morgan fingerprint density at radius 1 is 1.31 bits per heavy atom. The number of methoxy groups -OCH3 is 1. The Hall–Kier alpha value is -3.16. The van der Waals surface area contributed by atoms with Gasteiger partial charge >= 0.3 is 5.69 Å². The molecule has 26 heavy (non-hydrogen) atoms. The maximum Gasteiger partial charge on any atom is 0.311 e. The van der Waals surface area contributed by atoms with Crippen molar-refractivity contribution in [2.45, 2.75) is 19.4 Å². The number of pyridine rings is 1. The van der Waals surface area contributed by atoms with Gasteiger partial charge in [-0.15, -0.1) is 0 Å². The number of aromatic nitrogens is 1. The van der Waals surface area contributed by atoms with Gasteiger partial charge in [-0.1, -0.05) is 0 Å². The summed E-state index contributed by atoms with van der Waals surface area (Å²) < 4.78 is 4.95. The third-order valence-corrected chi connectivity index (χ3v) is 4.33. The Labute approximate surface area is 150 Å². The van der Waals surface area contributed by atoms with Gasteiger partial charge in [-0.2, -0.15) is 0 Å². The van der Waals surface area contributed by atoms with Crippen LogP contribution in [0.1, 0.15) is 28.8 Å². The average molecular weight is 356 g/mol. The van der Waals surface area contributed by atoms with Crippen LogP contribution in [0.15, 0.2) is 36.5 Å². The summed E-state index contributed by atoms with van der Waals surface area (Å²) in [4.78, 5) is 29.4. The topological polar surface area (TPSA) is 97.6 Å². The van der Waals surface area contributed by atoms with Crippen molar-refractivity contribution in [3.63, 3.8) is 0 Å². The molecule has 0 radical (unpaired) electrons. The molecule has 3 rings (SSSR count). The lowest BCUT2D eigenvalue weighted by Gasteiger charge is -2.17. The summed E-state index contributed by atoms with van der Waals surface area (Å²) >= 11 is 0. The zero-order valence-corrected chi connectivity index (χ0v) is 14.5. The van der Waals surface area contributed by atoms with E-state index in [0.29, 0.717) is 6.54 Å². The first-order valence-electron chi connectivity index (χ1n) is 8.39. The van der Waals surface area contributed by atoms with E-state index in [0.717, 1.165) is 24.5 Å². The molecule has 2 aromatic rings. The highest BCUT2D eigenvalue weighted by Crippen LogP contribution is 2.27. The van der Waals surface area contributed by atoms with Gasteiger partial charge in [0.1, 0.15) is 5.82 Å². The number of nitro groups is 1. The monoisotopic (exact) mass is 356 g/mol. The quantitative estimate of drug-likeness (QED) is 0.631. The number of rotatable bonds is 6. The fraction of sp³-hybridized carbons (Fsp3) is 0.333. The van der Waals surface area contributed by atoms with Gasteiger partial charge < -0.3 is 15.0 Å². The van der Waals surface area contributed by atoms with E-state index in [2.05, 4.69) is 15.2 Å². The molecule has 1 aromatic carbocycles. The van der Waals surface area contributed by atoms with Crippen LogP contribution in [0.3, 0.4) is 0 Å². The molecule has 8 heteroatoms. The number of carbonyl (C=O) groups is 1. The number of nitro benzene ring substituents is 1. The van der Waals surface area contributed by atoms with Crippen molar-refractivity contribution in [3.8, 4) is 5.75 Å². The molecule has 8 nitrogen and oxygen atoms in total. The van der Waals surface area contributed by atoms with Crippen LogP contribution in [0.5, 0.6) is 5.75 Å². The van der Waals surface area contributed by atoms with Crippen LogP contribution in [0.2, 0.25) is 0 Å². The lowest BCUT2D eigenvalue weighted by Crippen LogP contribution is -2.23. The fourth-order valence-corrected chi connectivity index (χ4v) is 2.95. The highest BCUT2D eigenvalue weighted by atomic mass is 16.6. The number of benzene rings is 1. The van der Waals surface area contributed by atoms with Crippen molar-refractivity contribution in [3.05, 3.63) is 57.8 Å². The van der Waals surface area contributed by atoms with Gasteiger partial charge in [0.25, 0.3) is 5.91 Å². The van der Waals surface area contributed by atoms with E-state index in [9.17, 15) is 14.9 Å². The third kappa shape index (κ3) is 3.90. The predicted octanol–water partition coefficient (Wildman–Crippen LogP) is 2.53. The largest absolute Gasteiger partial charge is 0.490 e. The van der Waals surface area contributed by atoms with Crippen LogP contribution in [0.25, 0.3) is 0 Å². The summed E-state index contributed by atoms with van der Waals surface area (Å²) in [5.74, 6) is 0.653. The Kier molecular flexibility index (Phi) is 5.31. The SMILES string of the molecule is COc1ccc(C(=O)NCc2ccnc(N3CCCC3)c2)cc1[N+](=O)[O-]. The van der Waals surface area contributed by atoms with Gasteiger partial charge in [0.15, 0.2) is 5.75 Å². The Balaban J connectivity index is 1.68. The summed E-state index contributed by atoms with van der Waals surface area (Å²) in [6.45, 7) is 2.32. The van der Waals surface area contributed by atoms with Crippen molar-refractivity contribution in [1.82, 2.24) is 10.3 Å². The van der Waals surface area contributed by atoms with Crippen molar-refractivity contribution >= 4 is 17.4 Å². The standard InChI is InChI=1S/C18H20N4O4/c1-26-16-5-4-14(11-15(16)22(24)25)18(23)20-12-13-6-7-19-17(10-13)21-8-2-3-9-21/h4-7,10-11H,2-3,8-9,12H2,1H3,(H,20,23). The molecule has 1 amide bonds. The molecule has 0 aliphatic carbocycles. The summed E-state index contributed by atoms with van der Waals surface area (Å²) in [5, 5.41) is 13.9. The number of nitrogens with zero attached hydrogens (tertiary/aromatic N) is 3. The number of hydrogen-bond donors (Lipinski definition) is 1. The second-order valence-electron chi connectivity index (χ2n) is 6.04. The molecule has 0 bridgehead atoms. The van der Waals surface area contributed by atoms with Crippen LogP contribution in [0.4, 0.5) is 11.5 Å². The van der Waals surface area contributed by atoms with E-state index in [1.807, 2.05) is 12.1 Å². The molecule has 1 aliphatic rings. The second kappa shape index (κ2) is 7.81. The van der Waals surface area contributed by atoms with Crippen molar-refractivity contribution < 1.29 is 14.5 Å². The van der Waals surface area contributed by atoms with E-state index in [1.165, 1.54) is 38.2 Å². The highest BCUT2D eigenvalue weighted by molar-refractivity contribution is 5.95. The van der Waals surface area contributed by atoms with Gasteiger partial charge in [0.2, 0.25) is 0 Å². The molecule has 0 atom stereocenters. The number of hydrogen-bond acceptors (Lipinski definition) is 6. The number of amides is 1. The first kappa shape index (κ1) is 17.7. The van der Waals surface area contributed by atoms with Crippen molar-refractivity contribution in [2.24, 2.45) is 0 Å². The minimum Gasteiger partial charge on any atom is -0.490 e. The highest BCUT2D eigenvalue weighted by Gasteiger charge is 2.18. The maximum absolute atomic E-state index is 12.3. The van der Waals surface area contributed by atoms with Gasteiger partial charge in [0.05, 0.1) is 12.0 Å². The lowest BCUT2D eigenvalue weighted by molar-refractivity contribution is -0.385. The van der Waals surface area contributed by atoms with E-state index in [1.54, 1.807) is 6.20 Å². The number of anilines is 1. The van der Waals surface area contributed by atoms with Crippen LogP contribution in [0, 0.1) is 10.1 Å². The van der Waals surface area contributed by atoms with E-state index in [-0.39, 0.29) is 22.9 Å². The molecular formula is C18H20N4O4. The normalized spacial score (nSPS) is 13.5. The molecule has 1 N–H and O–H groups in total. The minimum absolute atomic E-state index is 0.121. The predicted molar refractivity (Wildman–Crippen MR) is 96.5 cm³/mol. The number of ether oxygens (including phenoxy) is 1. The Morgan fingerprint density at radius 2 is 2.08 bits per heavy atom. The number of carbonyl (C=O) groups excluding carboxylic acids is 1. The van der Waals surface area contributed by atoms with Crippen LogP contribution in [-0.4, -0.2) is 36.0 Å². The van der Waals surface area contributed by atoms with E-state index >= 15 is 0 Å². The van der Waals surface area contributed by atoms with Gasteiger partial charge in [-0.05, 0) is 42.7 Å². The molecule has 1 aromatic heterocycles. The second-order valence-corrected chi connectivity index (χ2v) is 6.04. The summed E-state index contributed by atoms with van der Waals surface area (Å²) in [7, 11) is 1.35. The Bertz CT molecular complexity index is 819. The van der Waals surface area contributed by atoms with Crippen LogP contribution in [-0.2, 0) is 6.54 Å². The molecule has 0 spiro atoms. The molecule has 2 heterocycles. The molecular weight excluding hydrogens is 336 g/mol. The summed E-state index contributed by atoms with van der Waals surface area (Å²) in [6.07, 6.45) is 4.06. The van der Waals surface area contributed by atoms with Crippen LogP contribution >= 0.6 is 0 Å². The molecule has 136 valence electrons. The molecule has 1 aliphatic heterocycles. The minimum atomic E-state index is -0.569. The zero-order valence-electron chi connectivity index (χ0n) is 14.5. The van der Waals surface area contributed by atoms with E-state index < -0.39 is 4.92 Å². The molecule has 1 fully saturated rings. The first-order valence-corrected chi connectivity index (χ1v) is 8.39. The molecule has 0 unspecified atom stereocenters. The van der Waals surface area contributed by atoms with Crippen LogP contribution < -0.4 is 15.0 Å². The maximum atomic E-state index is 12.3. The molecule has 0 saturated carbocycles. The number of nitrogens with one attached hydrogen (secondary N) is 1. The summed E-state index contributed by atoms with van der Waals surface area (Å²) in [5.41, 5.74) is 0.907. The molecule has 1 saturated heterocycles. The van der Waals surface area contributed by atoms with Gasteiger partial charge in [-0.3, -0.25) is 14.9 Å². The lowest BCUT2D eigenvalue weighted by atomic mass is 10.1. The van der Waals surface area contributed by atoms with Crippen molar-refractivity contribution in [2.75, 3.05) is 25.1 Å². The van der Waals surface area contributed by atoms with Gasteiger partial charge in [0, 0.05) is 37.5 Å². The van der Waals surface area contributed by atoms with E-state index in [4.69, 9.17) is 4.74 Å². The van der Waals surface area contributed by atoms with Crippen molar-refractivity contribution in [1.29, 1.82) is 0 Å². The average Bonchev–Trinajstić information content (AvgIpc) is 3.20. The first-order chi connectivity index (χ1) is 12.6. The fourth-order valence-electron chi connectivity index (χ4n) is 2.95. The van der Waals surface area contributed by atoms with Gasteiger partial charge in [-0.25, -0.2) is 4.98 Å². The zero-order chi connectivity index (χ0) is 18.5. The Morgan fingerprint density at radius 3 is 2.77 bits per heavy atom. The third-order valence-electron chi connectivity index (χ3n) is 4.33.